The summed E-state index contributed by atoms with van der Waals surface area (Å²) in [5.74, 6) is 10.7. The molecule has 0 heterocycles. The van der Waals surface area contributed by atoms with Gasteiger partial charge in [0.2, 0.25) is 0 Å². The fourth-order valence-electron chi connectivity index (χ4n) is 10.5. The predicted molar refractivity (Wildman–Crippen MR) is 219 cm³/mol. The SMILES string of the molecule is C1=CC2CCC(CCC3CCC4C=CC=CC43)C2C=C1.C1=CC2CCC(CCC3CCC4C=CC=CC43)C2C=C1.[CH3-].[CH3-].[CH3-].[CH3-].[Cl][Zr+2][Cl].[Cl][Zr+2][Cl]. The van der Waals surface area contributed by atoms with Crippen LogP contribution in [0.2, 0.25) is 0 Å². The zero-order valence-electron chi connectivity index (χ0n) is 31.2. The van der Waals surface area contributed by atoms with Crippen molar-refractivity contribution >= 4 is 34.1 Å². The van der Waals surface area contributed by atoms with Crippen LogP contribution in [0.4, 0.5) is 0 Å². The summed E-state index contributed by atoms with van der Waals surface area (Å²) in [5.41, 5.74) is 0. The van der Waals surface area contributed by atoms with Gasteiger partial charge in [-0.3, -0.25) is 0 Å². The second kappa shape index (κ2) is 26.6. The van der Waals surface area contributed by atoms with E-state index in [2.05, 4.69) is 97.2 Å². The number of hydrogen-bond acceptors (Lipinski definition) is 0. The van der Waals surface area contributed by atoms with Gasteiger partial charge >= 0.3 is 75.7 Å². The van der Waals surface area contributed by atoms with Crippen molar-refractivity contribution < 1.29 is 41.7 Å². The van der Waals surface area contributed by atoms with Gasteiger partial charge in [-0.25, -0.2) is 0 Å². The number of fused-ring (bicyclic) bond motifs is 4. The molecule has 0 spiro atoms. The van der Waals surface area contributed by atoms with E-state index in [1.165, 1.54) is 77.0 Å². The Morgan fingerprint density at radius 3 is 0.700 bits per heavy atom. The number of allylic oxidation sites excluding steroid dienone is 16. The van der Waals surface area contributed by atoms with Gasteiger partial charge in [0.1, 0.15) is 0 Å². The maximum absolute atomic E-state index is 4.93. The van der Waals surface area contributed by atoms with Crippen molar-refractivity contribution in [2.45, 2.75) is 77.0 Å². The molecule has 12 unspecified atom stereocenters. The fraction of sp³-hybridized carbons (Fsp3) is 0.545. The van der Waals surface area contributed by atoms with E-state index >= 15 is 0 Å². The third-order valence-corrected chi connectivity index (χ3v) is 12.7. The normalized spacial score (nSPS) is 36.2. The summed E-state index contributed by atoms with van der Waals surface area (Å²) in [5, 5.41) is 0. The van der Waals surface area contributed by atoms with Crippen LogP contribution in [-0.4, -0.2) is 0 Å². The first-order valence-electron chi connectivity index (χ1n) is 18.0. The molecule has 0 bridgehead atoms. The quantitative estimate of drug-likeness (QED) is 0.233. The van der Waals surface area contributed by atoms with Crippen LogP contribution in [0.25, 0.3) is 0 Å². The molecular formula is C44H64Cl4Zr2. The Morgan fingerprint density at radius 2 is 0.500 bits per heavy atom. The van der Waals surface area contributed by atoms with Gasteiger partial charge in [0.25, 0.3) is 0 Å². The molecule has 0 aromatic rings. The molecule has 50 heavy (non-hydrogen) atoms. The molecule has 276 valence electrons. The average Bonchev–Trinajstić information content (AvgIpc) is 3.89. The summed E-state index contributed by atoms with van der Waals surface area (Å²) in [6, 6.07) is 0. The van der Waals surface area contributed by atoms with Crippen LogP contribution in [0.1, 0.15) is 77.0 Å². The van der Waals surface area contributed by atoms with Crippen LogP contribution < -0.4 is 0 Å². The third kappa shape index (κ3) is 13.5. The Balaban J connectivity index is 0.000000405. The number of rotatable bonds is 6. The van der Waals surface area contributed by atoms with Gasteiger partial charge in [-0.05, 0) is 148 Å². The molecular weight excluding hydrogens is 853 g/mol. The van der Waals surface area contributed by atoms with Gasteiger partial charge in [-0.2, -0.15) is 0 Å². The van der Waals surface area contributed by atoms with Crippen molar-refractivity contribution in [2.24, 2.45) is 71.0 Å². The summed E-state index contributed by atoms with van der Waals surface area (Å²) in [4.78, 5) is 0. The van der Waals surface area contributed by atoms with Gasteiger partial charge < -0.3 is 29.7 Å². The Hall–Kier alpha value is 0.846. The second-order valence-electron chi connectivity index (χ2n) is 14.7. The summed E-state index contributed by atoms with van der Waals surface area (Å²) in [6.45, 7) is 0. The van der Waals surface area contributed by atoms with E-state index in [9.17, 15) is 0 Å². The van der Waals surface area contributed by atoms with Crippen molar-refractivity contribution in [3.8, 4) is 0 Å². The van der Waals surface area contributed by atoms with Gasteiger partial charge in [-0.15, -0.1) is 0 Å². The van der Waals surface area contributed by atoms with Crippen LogP contribution in [0.5, 0.6) is 0 Å². The predicted octanol–water partition coefficient (Wildman–Crippen LogP) is 15.2. The van der Waals surface area contributed by atoms with Crippen molar-refractivity contribution in [3.05, 3.63) is 127 Å². The molecule has 6 heteroatoms. The molecule has 8 aliphatic rings. The van der Waals surface area contributed by atoms with E-state index in [0.29, 0.717) is 0 Å². The molecule has 0 aromatic heterocycles. The average molecular weight is 917 g/mol. The zero-order chi connectivity index (χ0) is 32.1. The number of halogens is 4. The Bertz CT molecular complexity index is 991. The standard InChI is InChI=1S/2C20H26.4CH3.4ClH.2Zr/c2*1-3-7-19-15(5-1)9-11-17(19)13-14-18-12-10-16-6-2-4-8-20(16)18;;;;;;;;;;/h2*1-8,15-20H,9-14H2;4*1H3;4*1H;;/q;;4*-1;;;;;2*+4/p-4. The van der Waals surface area contributed by atoms with Gasteiger partial charge in [-0.1, -0.05) is 97.2 Å². The molecule has 4 saturated carbocycles. The molecule has 0 N–H and O–H groups in total. The maximum atomic E-state index is 4.93. The first kappa shape index (κ1) is 48.9. The summed E-state index contributed by atoms with van der Waals surface area (Å²) in [6.07, 6.45) is 55.3. The molecule has 0 amide bonds. The minimum absolute atomic E-state index is 0. The summed E-state index contributed by atoms with van der Waals surface area (Å²) >= 11 is -1.65. The van der Waals surface area contributed by atoms with Crippen LogP contribution in [0.15, 0.2) is 97.2 Å². The first-order valence-corrected chi connectivity index (χ1v) is 30.6. The topological polar surface area (TPSA) is 0 Å². The van der Waals surface area contributed by atoms with Crippen LogP contribution >= 0.6 is 34.1 Å². The van der Waals surface area contributed by atoms with E-state index in [-0.39, 0.29) is 29.7 Å². The zero-order valence-corrected chi connectivity index (χ0v) is 39.1. The van der Waals surface area contributed by atoms with E-state index in [1.807, 2.05) is 0 Å². The molecule has 4 fully saturated rings. The molecule has 12 atom stereocenters. The van der Waals surface area contributed by atoms with Crippen molar-refractivity contribution in [3.63, 3.8) is 0 Å². The molecule has 0 aromatic carbocycles. The Kier molecular flexibility index (Phi) is 26.0. The van der Waals surface area contributed by atoms with Crippen LogP contribution in [-0.2, 0) is 41.7 Å². The van der Waals surface area contributed by atoms with Crippen molar-refractivity contribution in [1.29, 1.82) is 0 Å². The first-order chi connectivity index (χ1) is 22.7. The van der Waals surface area contributed by atoms with Crippen molar-refractivity contribution in [2.75, 3.05) is 0 Å². The molecule has 0 aliphatic heterocycles. The molecule has 8 rings (SSSR count). The fourth-order valence-corrected chi connectivity index (χ4v) is 10.5. The van der Waals surface area contributed by atoms with Gasteiger partial charge in [0, 0.05) is 0 Å². The van der Waals surface area contributed by atoms with E-state index in [1.54, 1.807) is 0 Å². The van der Waals surface area contributed by atoms with E-state index in [0.717, 1.165) is 71.0 Å². The molecule has 0 radical (unpaired) electrons. The Morgan fingerprint density at radius 1 is 0.320 bits per heavy atom. The third-order valence-electron chi connectivity index (χ3n) is 12.7. The monoisotopic (exact) mass is 912 g/mol. The minimum atomic E-state index is -0.826. The van der Waals surface area contributed by atoms with Gasteiger partial charge in [0.05, 0.1) is 0 Å². The van der Waals surface area contributed by atoms with Crippen molar-refractivity contribution in [1.82, 2.24) is 0 Å². The second-order valence-corrected chi connectivity index (χ2v) is 22.2. The summed E-state index contributed by atoms with van der Waals surface area (Å²) in [7, 11) is 19.7. The van der Waals surface area contributed by atoms with E-state index in [4.69, 9.17) is 34.1 Å². The molecule has 0 nitrogen and oxygen atoms in total. The van der Waals surface area contributed by atoms with Crippen LogP contribution in [0, 0.1) is 101 Å². The Labute approximate surface area is 347 Å². The molecule has 8 aliphatic carbocycles. The number of hydrogen-bond donors (Lipinski definition) is 0. The molecule has 0 saturated heterocycles. The van der Waals surface area contributed by atoms with Crippen LogP contribution in [0.3, 0.4) is 0 Å². The van der Waals surface area contributed by atoms with Gasteiger partial charge in [0.15, 0.2) is 0 Å². The van der Waals surface area contributed by atoms with E-state index < -0.39 is 41.7 Å². The summed E-state index contributed by atoms with van der Waals surface area (Å²) < 4.78 is 0.